The Balaban J connectivity index is 1.78. The quantitative estimate of drug-likeness (QED) is 0.597. The third kappa shape index (κ3) is 3.54. The van der Waals surface area contributed by atoms with Crippen molar-refractivity contribution < 1.29 is 18.0 Å². The first-order valence-corrected chi connectivity index (χ1v) is 11.3. The lowest BCUT2D eigenvalue weighted by molar-refractivity contribution is 0.0912. The highest BCUT2D eigenvalue weighted by atomic mass is 32.2. The first kappa shape index (κ1) is 20.3. The van der Waals surface area contributed by atoms with E-state index >= 15 is 0 Å². The molecule has 0 saturated heterocycles. The topological polar surface area (TPSA) is 96.1 Å². The summed E-state index contributed by atoms with van der Waals surface area (Å²) in [5.74, 6) is -0.0557. The van der Waals surface area contributed by atoms with Crippen molar-refractivity contribution in [1.29, 1.82) is 0 Å². The number of hydrogen-bond acceptors (Lipinski definition) is 4. The van der Waals surface area contributed by atoms with E-state index in [-0.39, 0.29) is 21.9 Å². The van der Waals surface area contributed by atoms with Crippen molar-refractivity contribution in [3.8, 4) is 0 Å². The Kier molecular flexibility index (Phi) is 4.62. The number of H-pyrrole nitrogens is 1. The van der Waals surface area contributed by atoms with Crippen molar-refractivity contribution in [2.75, 3.05) is 4.72 Å². The van der Waals surface area contributed by atoms with Gasteiger partial charge in [-0.25, -0.2) is 8.42 Å². The van der Waals surface area contributed by atoms with Crippen molar-refractivity contribution >= 4 is 38.2 Å². The van der Waals surface area contributed by atoms with Crippen LogP contribution in [0, 0.1) is 12.3 Å². The average molecular weight is 425 g/mol. The molecule has 7 heteroatoms. The third-order valence-corrected chi connectivity index (χ3v) is 7.08. The van der Waals surface area contributed by atoms with E-state index in [0.717, 1.165) is 17.5 Å². The van der Waals surface area contributed by atoms with Crippen molar-refractivity contribution in [3.63, 3.8) is 0 Å². The number of benzene rings is 2. The lowest BCUT2D eigenvalue weighted by atomic mass is 9.76. The maximum atomic E-state index is 13.1. The molecule has 0 bridgehead atoms. The van der Waals surface area contributed by atoms with Crippen LogP contribution in [-0.4, -0.2) is 25.0 Å². The number of hydrogen-bond donors (Lipinski definition) is 2. The summed E-state index contributed by atoms with van der Waals surface area (Å²) in [6.45, 7) is 7.26. The maximum absolute atomic E-state index is 13.1. The summed E-state index contributed by atoms with van der Waals surface area (Å²) < 4.78 is 28.7. The Labute approximate surface area is 175 Å². The molecule has 0 unspecified atom stereocenters. The number of aromatic amines is 1. The third-order valence-electron chi connectivity index (χ3n) is 5.56. The number of carbonyl (C=O) groups is 2. The van der Waals surface area contributed by atoms with Crippen LogP contribution in [0.3, 0.4) is 0 Å². The van der Waals surface area contributed by atoms with Gasteiger partial charge in [0.15, 0.2) is 11.6 Å². The highest BCUT2D eigenvalue weighted by Crippen LogP contribution is 2.39. The fraction of sp³-hybridized carbons (Fsp3) is 0.304. The molecule has 3 aromatic rings. The minimum absolute atomic E-state index is 0.0849. The lowest BCUT2D eigenvalue weighted by Crippen LogP contribution is -2.26. The molecule has 0 spiro atoms. The highest BCUT2D eigenvalue weighted by molar-refractivity contribution is 7.92. The van der Waals surface area contributed by atoms with E-state index in [4.69, 9.17) is 0 Å². The Morgan fingerprint density at radius 3 is 2.57 bits per heavy atom. The summed E-state index contributed by atoms with van der Waals surface area (Å²) >= 11 is 0. The summed E-state index contributed by atoms with van der Waals surface area (Å²) in [6, 6.07) is 9.74. The second-order valence-corrected chi connectivity index (χ2v) is 10.5. The SMILES string of the molecule is CC(=O)c1cccc(NS(=O)(=O)c2cc3[nH]c4c(c3cc2C)C(=O)CC(C)(C)C4)c1. The van der Waals surface area contributed by atoms with Crippen molar-refractivity contribution in [3.05, 3.63) is 58.8 Å². The average Bonchev–Trinajstić information content (AvgIpc) is 2.96. The summed E-state index contributed by atoms with van der Waals surface area (Å²) in [7, 11) is -3.88. The molecule has 0 aliphatic heterocycles. The Morgan fingerprint density at radius 1 is 1.13 bits per heavy atom. The van der Waals surface area contributed by atoms with E-state index in [1.165, 1.54) is 13.0 Å². The van der Waals surface area contributed by atoms with Crippen LogP contribution in [0.1, 0.15) is 59.2 Å². The van der Waals surface area contributed by atoms with Crippen LogP contribution in [0.15, 0.2) is 41.3 Å². The van der Waals surface area contributed by atoms with Crippen LogP contribution in [-0.2, 0) is 16.4 Å². The summed E-state index contributed by atoms with van der Waals surface area (Å²) in [6.07, 6.45) is 1.21. The number of ketones is 2. The van der Waals surface area contributed by atoms with E-state index in [1.54, 1.807) is 37.3 Å². The molecule has 6 nitrogen and oxygen atoms in total. The molecule has 0 atom stereocenters. The molecule has 1 aliphatic carbocycles. The van der Waals surface area contributed by atoms with Gasteiger partial charge in [-0.2, -0.15) is 0 Å². The zero-order chi connectivity index (χ0) is 21.8. The van der Waals surface area contributed by atoms with Gasteiger partial charge in [0.1, 0.15) is 0 Å². The first-order valence-electron chi connectivity index (χ1n) is 9.79. The van der Waals surface area contributed by atoms with Crippen LogP contribution in [0.4, 0.5) is 5.69 Å². The molecule has 0 fully saturated rings. The second-order valence-electron chi connectivity index (χ2n) is 8.83. The summed E-state index contributed by atoms with van der Waals surface area (Å²) in [5, 5.41) is 0.764. The van der Waals surface area contributed by atoms with Gasteiger partial charge in [-0.15, -0.1) is 0 Å². The molecule has 1 aromatic heterocycles. The number of rotatable bonds is 4. The molecule has 0 amide bonds. The van der Waals surface area contributed by atoms with E-state index in [0.29, 0.717) is 34.3 Å². The van der Waals surface area contributed by atoms with Gasteiger partial charge in [-0.3, -0.25) is 14.3 Å². The number of aromatic nitrogens is 1. The Bertz CT molecular complexity index is 1320. The standard InChI is InChI=1S/C23H24N2O4S/c1-13-8-17-18(24-19-11-23(3,4)12-20(27)22(17)19)10-21(13)30(28,29)25-16-7-5-6-15(9-16)14(2)26/h5-10,24-25H,11-12H2,1-4H3. The number of anilines is 1. The van der Waals surface area contributed by atoms with Crippen LogP contribution in [0.25, 0.3) is 10.9 Å². The Morgan fingerprint density at radius 2 is 1.87 bits per heavy atom. The fourth-order valence-corrected chi connectivity index (χ4v) is 5.51. The monoisotopic (exact) mass is 424 g/mol. The molecule has 156 valence electrons. The molecule has 0 radical (unpaired) electrons. The number of nitrogens with one attached hydrogen (secondary N) is 2. The zero-order valence-electron chi connectivity index (χ0n) is 17.4. The molecule has 2 aromatic carbocycles. The van der Waals surface area contributed by atoms with Crippen LogP contribution >= 0.6 is 0 Å². The maximum Gasteiger partial charge on any atom is 0.262 e. The molecule has 1 aliphatic rings. The van der Waals surface area contributed by atoms with E-state index in [9.17, 15) is 18.0 Å². The fourth-order valence-electron chi connectivity index (χ4n) is 4.20. The van der Waals surface area contributed by atoms with Crippen LogP contribution < -0.4 is 4.72 Å². The summed E-state index contributed by atoms with van der Waals surface area (Å²) in [4.78, 5) is 27.7. The van der Waals surface area contributed by atoms with Gasteiger partial charge >= 0.3 is 0 Å². The van der Waals surface area contributed by atoms with Crippen molar-refractivity contribution in [1.82, 2.24) is 4.98 Å². The normalized spacial score (nSPS) is 15.8. The molecule has 4 rings (SSSR count). The number of carbonyl (C=O) groups excluding carboxylic acids is 2. The Hall–Kier alpha value is -2.93. The van der Waals surface area contributed by atoms with Gasteiger partial charge in [0.25, 0.3) is 10.0 Å². The van der Waals surface area contributed by atoms with Crippen molar-refractivity contribution in [2.45, 2.75) is 45.4 Å². The predicted octanol–water partition coefficient (Wildman–Crippen LogP) is 4.63. The number of aryl methyl sites for hydroxylation is 1. The second kappa shape index (κ2) is 6.80. The van der Waals surface area contributed by atoms with E-state index < -0.39 is 10.0 Å². The molecule has 2 N–H and O–H groups in total. The van der Waals surface area contributed by atoms with Crippen molar-refractivity contribution in [2.24, 2.45) is 5.41 Å². The highest BCUT2D eigenvalue weighted by Gasteiger charge is 2.34. The van der Waals surface area contributed by atoms with E-state index in [1.807, 2.05) is 0 Å². The molecule has 30 heavy (non-hydrogen) atoms. The van der Waals surface area contributed by atoms with Gasteiger partial charge in [0, 0.05) is 39.8 Å². The van der Waals surface area contributed by atoms with Gasteiger partial charge in [-0.05, 0) is 55.5 Å². The molecule has 1 heterocycles. The number of sulfonamides is 1. The minimum Gasteiger partial charge on any atom is -0.358 e. The minimum atomic E-state index is -3.88. The molecule has 0 saturated carbocycles. The molecular weight excluding hydrogens is 400 g/mol. The number of fused-ring (bicyclic) bond motifs is 3. The molecular formula is C23H24N2O4S. The van der Waals surface area contributed by atoms with Gasteiger partial charge in [0.2, 0.25) is 0 Å². The van der Waals surface area contributed by atoms with Gasteiger partial charge in [-0.1, -0.05) is 26.0 Å². The van der Waals surface area contributed by atoms with Gasteiger partial charge < -0.3 is 4.98 Å². The predicted molar refractivity (Wildman–Crippen MR) is 117 cm³/mol. The zero-order valence-corrected chi connectivity index (χ0v) is 18.2. The van der Waals surface area contributed by atoms with Crippen LogP contribution in [0.5, 0.6) is 0 Å². The van der Waals surface area contributed by atoms with Crippen LogP contribution in [0.2, 0.25) is 0 Å². The van der Waals surface area contributed by atoms with Gasteiger partial charge in [0.05, 0.1) is 4.90 Å². The summed E-state index contributed by atoms with van der Waals surface area (Å²) in [5.41, 5.74) is 3.36. The smallest absolute Gasteiger partial charge is 0.262 e. The number of Topliss-reactive ketones (excluding diaryl/α,β-unsaturated/α-hetero) is 2. The lowest BCUT2D eigenvalue weighted by Gasteiger charge is -2.28. The van der Waals surface area contributed by atoms with E-state index in [2.05, 4.69) is 23.6 Å². The largest absolute Gasteiger partial charge is 0.358 e. The first-order chi connectivity index (χ1) is 14.0.